The van der Waals surface area contributed by atoms with Crippen LogP contribution < -0.4 is 10.8 Å². The maximum Gasteiger partial charge on any atom is 0.143 e. The zero-order chi connectivity index (χ0) is 21.0. The SMILES string of the molecule is [B][B]B([B])c1cc(NC(=C)Cc2ccc3c(N=NC)c(O)ccc3c2)ccc1C. The van der Waals surface area contributed by atoms with Crippen molar-refractivity contribution >= 4 is 56.6 Å². The summed E-state index contributed by atoms with van der Waals surface area (Å²) in [6.07, 6.45) is 0.653. The lowest BCUT2D eigenvalue weighted by molar-refractivity contribution is 0.477. The molecule has 3 rings (SSSR count). The molecule has 0 aliphatic rings. The molecule has 2 N–H and O–H groups in total. The fourth-order valence-electron chi connectivity index (χ4n) is 3.34. The molecule has 0 saturated carbocycles. The second kappa shape index (κ2) is 9.08. The van der Waals surface area contributed by atoms with E-state index in [1.807, 2.05) is 43.3 Å². The van der Waals surface area contributed by atoms with E-state index in [9.17, 15) is 5.11 Å². The predicted molar refractivity (Wildman–Crippen MR) is 126 cm³/mol. The summed E-state index contributed by atoms with van der Waals surface area (Å²) in [5.74, 6) is 0.116. The highest BCUT2D eigenvalue weighted by Crippen LogP contribution is 2.35. The minimum absolute atomic E-state index is 0.116. The van der Waals surface area contributed by atoms with Gasteiger partial charge in [-0.3, -0.25) is 0 Å². The van der Waals surface area contributed by atoms with Crippen LogP contribution in [0.2, 0.25) is 0 Å². The van der Waals surface area contributed by atoms with Crippen molar-refractivity contribution in [2.45, 2.75) is 13.3 Å². The average molecular weight is 374 g/mol. The van der Waals surface area contributed by atoms with E-state index in [4.69, 9.17) is 15.5 Å². The second-order valence-corrected chi connectivity index (χ2v) is 6.98. The summed E-state index contributed by atoms with van der Waals surface area (Å²) < 4.78 is 0. The number of rotatable bonds is 7. The first kappa shape index (κ1) is 20.8. The monoisotopic (exact) mass is 374 g/mol. The van der Waals surface area contributed by atoms with Crippen LogP contribution in [0.1, 0.15) is 11.1 Å². The Balaban J connectivity index is 1.79. The van der Waals surface area contributed by atoms with Gasteiger partial charge in [-0.05, 0) is 36.1 Å². The van der Waals surface area contributed by atoms with Crippen molar-refractivity contribution in [3.63, 3.8) is 0 Å². The van der Waals surface area contributed by atoms with Crippen LogP contribution in [0.3, 0.4) is 0 Å². The smallest absolute Gasteiger partial charge is 0.143 e. The van der Waals surface area contributed by atoms with Gasteiger partial charge in [-0.2, -0.15) is 10.2 Å². The number of phenols is 1. The Labute approximate surface area is 175 Å². The number of azo groups is 1. The van der Waals surface area contributed by atoms with Gasteiger partial charge in [0.1, 0.15) is 11.4 Å². The molecule has 3 aromatic rings. The molecule has 29 heavy (non-hydrogen) atoms. The summed E-state index contributed by atoms with van der Waals surface area (Å²) in [7, 11) is 14.7. The van der Waals surface area contributed by atoms with E-state index in [1.165, 1.54) is 7.06 Å². The molecular formula is C21H20B4N3O. The number of aryl methyl sites for hydroxylation is 1. The summed E-state index contributed by atoms with van der Waals surface area (Å²) in [6, 6.07) is 15.5. The van der Waals surface area contributed by atoms with Crippen LogP contribution in [0, 0.1) is 6.92 Å². The molecule has 8 heteroatoms. The lowest BCUT2D eigenvalue weighted by Gasteiger charge is -2.16. The summed E-state index contributed by atoms with van der Waals surface area (Å²) in [4.78, 5) is 0. The van der Waals surface area contributed by atoms with Gasteiger partial charge >= 0.3 is 0 Å². The number of anilines is 1. The molecule has 3 aromatic carbocycles. The second-order valence-electron chi connectivity index (χ2n) is 6.98. The first-order chi connectivity index (χ1) is 13.9. The number of allylic oxidation sites excluding steroid dienone is 1. The van der Waals surface area contributed by atoms with Gasteiger partial charge in [0.05, 0.1) is 6.49 Å². The van der Waals surface area contributed by atoms with E-state index in [2.05, 4.69) is 28.2 Å². The number of nitrogens with zero attached hydrogens (tertiary/aromatic N) is 2. The molecule has 0 aromatic heterocycles. The molecule has 0 aliphatic heterocycles. The highest BCUT2D eigenvalue weighted by molar-refractivity contribution is 7.50. The van der Waals surface area contributed by atoms with E-state index >= 15 is 0 Å². The van der Waals surface area contributed by atoms with Crippen molar-refractivity contribution in [1.82, 2.24) is 0 Å². The topological polar surface area (TPSA) is 57.0 Å². The van der Waals surface area contributed by atoms with Gasteiger partial charge < -0.3 is 10.4 Å². The van der Waals surface area contributed by atoms with Crippen molar-refractivity contribution in [1.29, 1.82) is 0 Å². The van der Waals surface area contributed by atoms with Crippen molar-refractivity contribution in [2.24, 2.45) is 10.2 Å². The van der Waals surface area contributed by atoms with E-state index in [-0.39, 0.29) is 12.2 Å². The zero-order valence-corrected chi connectivity index (χ0v) is 16.7. The van der Waals surface area contributed by atoms with Gasteiger partial charge in [0.2, 0.25) is 0 Å². The van der Waals surface area contributed by atoms with Crippen molar-refractivity contribution < 1.29 is 5.11 Å². The third-order valence-corrected chi connectivity index (χ3v) is 4.82. The normalized spacial score (nSPS) is 11.0. The Morgan fingerprint density at radius 3 is 2.72 bits per heavy atom. The fourth-order valence-corrected chi connectivity index (χ4v) is 3.34. The van der Waals surface area contributed by atoms with Gasteiger partial charge in [-0.15, -0.1) is 0 Å². The molecule has 0 amide bonds. The third-order valence-electron chi connectivity index (χ3n) is 4.82. The van der Waals surface area contributed by atoms with E-state index < -0.39 is 0 Å². The molecular weight excluding hydrogens is 353 g/mol. The van der Waals surface area contributed by atoms with Crippen LogP contribution in [0.4, 0.5) is 11.4 Å². The standard InChI is InChI=1S/C21H20B4N3O/c1-13-4-7-17(12-19(13)25(23)24-22)27-14(2)10-15-5-8-18-16(11-15)6-9-20(29)21(18)28-26-3/h4-9,11-12,27,29H,2,10H2,1,3H3. The maximum absolute atomic E-state index is 10.0. The van der Waals surface area contributed by atoms with E-state index in [0.717, 1.165) is 38.7 Å². The molecule has 0 bridgehead atoms. The zero-order valence-electron chi connectivity index (χ0n) is 16.7. The summed E-state index contributed by atoms with van der Waals surface area (Å²) in [5, 5.41) is 23.0. The van der Waals surface area contributed by atoms with Crippen molar-refractivity contribution in [3.8, 4) is 5.75 Å². The number of nitrogens with one attached hydrogen (secondary N) is 1. The first-order valence-corrected chi connectivity index (χ1v) is 9.33. The van der Waals surface area contributed by atoms with Crippen LogP contribution in [-0.2, 0) is 6.42 Å². The molecule has 137 valence electrons. The molecule has 0 aliphatic carbocycles. The number of hydrogen-bond donors (Lipinski definition) is 2. The van der Waals surface area contributed by atoms with E-state index in [1.54, 1.807) is 13.1 Å². The van der Waals surface area contributed by atoms with Gasteiger partial charge in [-0.25, -0.2) is 0 Å². The van der Waals surface area contributed by atoms with Crippen LogP contribution >= 0.6 is 0 Å². The minimum atomic E-state index is -0.309. The Morgan fingerprint density at radius 1 is 1.21 bits per heavy atom. The minimum Gasteiger partial charge on any atom is -0.506 e. The van der Waals surface area contributed by atoms with Gasteiger partial charge in [0.25, 0.3) is 0 Å². The molecule has 0 atom stereocenters. The number of fused-ring (bicyclic) bond motifs is 1. The van der Waals surface area contributed by atoms with E-state index in [0.29, 0.717) is 12.1 Å². The van der Waals surface area contributed by atoms with Crippen LogP contribution in [0.15, 0.2) is 71.0 Å². The first-order valence-electron chi connectivity index (χ1n) is 9.33. The lowest BCUT2D eigenvalue weighted by atomic mass is 9.03. The van der Waals surface area contributed by atoms with Gasteiger partial charge in [-0.1, -0.05) is 47.9 Å². The Bertz CT molecular complexity index is 1080. The Kier molecular flexibility index (Phi) is 6.53. The quantitative estimate of drug-likeness (QED) is 0.493. The molecule has 0 saturated heterocycles. The fraction of sp³-hybridized carbons (Fsp3) is 0.143. The Hall–Kier alpha value is -2.88. The van der Waals surface area contributed by atoms with Gasteiger partial charge in [0.15, 0.2) is 0 Å². The molecule has 0 spiro atoms. The third kappa shape index (κ3) is 4.76. The average Bonchev–Trinajstić information content (AvgIpc) is 2.71. The van der Waals surface area contributed by atoms with Crippen LogP contribution in [0.5, 0.6) is 5.75 Å². The summed E-state index contributed by atoms with van der Waals surface area (Å²) in [5.41, 5.74) is 5.43. The highest BCUT2D eigenvalue weighted by Gasteiger charge is 2.11. The molecule has 0 unspecified atom stereocenters. The molecule has 0 heterocycles. The highest BCUT2D eigenvalue weighted by atomic mass is 16.3. The number of hydrogen-bond acceptors (Lipinski definition) is 4. The Morgan fingerprint density at radius 2 is 2.00 bits per heavy atom. The van der Waals surface area contributed by atoms with Crippen molar-refractivity contribution in [3.05, 3.63) is 71.9 Å². The number of benzene rings is 3. The summed E-state index contributed by atoms with van der Waals surface area (Å²) >= 11 is 0. The van der Waals surface area contributed by atoms with Gasteiger partial charge in [0, 0.05) is 52.8 Å². The molecule has 0 fully saturated rings. The number of phenolic OH excluding ortho intramolecular Hbond substituents is 1. The molecule has 4 nitrogen and oxygen atoms in total. The van der Waals surface area contributed by atoms with Crippen LogP contribution in [-0.4, -0.2) is 41.2 Å². The van der Waals surface area contributed by atoms with Crippen molar-refractivity contribution in [2.75, 3.05) is 12.4 Å². The summed E-state index contributed by atoms with van der Waals surface area (Å²) in [6.45, 7) is 5.86. The number of aromatic hydroxyl groups is 1. The van der Waals surface area contributed by atoms with Crippen LogP contribution in [0.25, 0.3) is 10.8 Å². The maximum atomic E-state index is 10.0. The predicted octanol–water partition coefficient (Wildman–Crippen LogP) is 3.39. The largest absolute Gasteiger partial charge is 0.506 e. The lowest BCUT2D eigenvalue weighted by Crippen LogP contribution is -2.39. The molecule has 5 radical (unpaired) electrons.